The molecule has 0 saturated carbocycles. The van der Waals surface area contributed by atoms with Crippen molar-refractivity contribution in [1.82, 2.24) is 0 Å². The Morgan fingerprint density at radius 3 is 2.33 bits per heavy atom. The van der Waals surface area contributed by atoms with Gasteiger partial charge in [-0.2, -0.15) is 5.26 Å². The van der Waals surface area contributed by atoms with E-state index >= 15 is 0 Å². The molecule has 0 aromatic heterocycles. The fourth-order valence-electron chi connectivity index (χ4n) is 1.54. The van der Waals surface area contributed by atoms with Gasteiger partial charge in [-0.25, -0.2) is 4.79 Å². The number of carboxylic acids is 1. The summed E-state index contributed by atoms with van der Waals surface area (Å²) in [5.41, 5.74) is 0.0520. The van der Waals surface area contributed by atoms with Gasteiger partial charge in [-0.1, -0.05) is 34.8 Å². The lowest BCUT2D eigenvalue weighted by Crippen LogP contribution is -1.98. The molecule has 2 aromatic carbocycles. The molecule has 0 unspecified atom stereocenters. The molecule has 0 amide bonds. The number of nitrogens with zero attached hydrogens (tertiary/aromatic N) is 1. The first-order valence-electron chi connectivity index (χ1n) is 5.52. The van der Waals surface area contributed by atoms with Gasteiger partial charge in [0.1, 0.15) is 17.6 Å². The lowest BCUT2D eigenvalue weighted by molar-refractivity contribution is 0.0697. The van der Waals surface area contributed by atoms with E-state index in [1.54, 1.807) is 0 Å². The Kier molecular flexibility index (Phi) is 4.59. The minimum absolute atomic E-state index is 0.0147. The van der Waals surface area contributed by atoms with Gasteiger partial charge in [0.05, 0.1) is 26.2 Å². The Morgan fingerprint density at radius 2 is 1.71 bits per heavy atom. The van der Waals surface area contributed by atoms with Crippen LogP contribution in [0.3, 0.4) is 0 Å². The van der Waals surface area contributed by atoms with Crippen LogP contribution in [-0.2, 0) is 0 Å². The molecule has 0 atom stereocenters. The van der Waals surface area contributed by atoms with Crippen molar-refractivity contribution in [3.05, 3.63) is 56.5 Å². The van der Waals surface area contributed by atoms with Crippen LogP contribution in [0.15, 0.2) is 30.3 Å². The average Bonchev–Trinajstić information content (AvgIpc) is 2.44. The second-order valence-corrected chi connectivity index (χ2v) is 5.15. The predicted molar refractivity (Wildman–Crippen MR) is 79.7 cm³/mol. The highest BCUT2D eigenvalue weighted by atomic mass is 35.5. The number of nitriles is 1. The van der Waals surface area contributed by atoms with Gasteiger partial charge in [-0.3, -0.25) is 0 Å². The van der Waals surface area contributed by atoms with E-state index in [-0.39, 0.29) is 37.7 Å². The number of halogens is 3. The summed E-state index contributed by atoms with van der Waals surface area (Å²) in [6.07, 6.45) is 0. The maximum atomic E-state index is 10.9. The number of aromatic carboxylic acids is 1. The highest BCUT2D eigenvalue weighted by molar-refractivity contribution is 6.43. The molecule has 2 aromatic rings. The molecule has 0 aliphatic rings. The zero-order valence-corrected chi connectivity index (χ0v) is 12.5. The van der Waals surface area contributed by atoms with E-state index in [0.29, 0.717) is 0 Å². The van der Waals surface area contributed by atoms with Crippen LogP contribution in [0.1, 0.15) is 15.9 Å². The lowest BCUT2D eigenvalue weighted by Gasteiger charge is -2.10. The van der Waals surface area contributed by atoms with Crippen LogP contribution in [-0.4, -0.2) is 11.1 Å². The highest BCUT2D eigenvalue weighted by Crippen LogP contribution is 2.37. The Bertz CT molecular complexity index is 769. The summed E-state index contributed by atoms with van der Waals surface area (Å²) >= 11 is 17.7. The molecule has 0 spiro atoms. The fraction of sp³-hybridized carbons (Fsp3) is 0. The normalized spacial score (nSPS) is 10.0. The summed E-state index contributed by atoms with van der Waals surface area (Å²) in [5.74, 6) is -0.751. The Labute approximate surface area is 135 Å². The van der Waals surface area contributed by atoms with Crippen molar-refractivity contribution in [1.29, 1.82) is 5.26 Å². The minimum Gasteiger partial charge on any atom is -0.478 e. The molecule has 0 aliphatic carbocycles. The van der Waals surface area contributed by atoms with Crippen molar-refractivity contribution in [2.45, 2.75) is 0 Å². The van der Waals surface area contributed by atoms with Gasteiger partial charge < -0.3 is 9.84 Å². The van der Waals surface area contributed by atoms with Gasteiger partial charge in [0.2, 0.25) is 0 Å². The third-order valence-electron chi connectivity index (χ3n) is 2.54. The third kappa shape index (κ3) is 3.40. The number of rotatable bonds is 3. The summed E-state index contributed by atoms with van der Waals surface area (Å²) in [4.78, 5) is 10.9. The van der Waals surface area contributed by atoms with Crippen molar-refractivity contribution in [3.63, 3.8) is 0 Å². The number of hydrogen-bond acceptors (Lipinski definition) is 3. The van der Waals surface area contributed by atoms with E-state index in [2.05, 4.69) is 0 Å². The fourth-order valence-corrected chi connectivity index (χ4v) is 2.12. The molecule has 7 heteroatoms. The summed E-state index contributed by atoms with van der Waals surface area (Å²) < 4.78 is 5.51. The van der Waals surface area contributed by atoms with E-state index in [1.165, 1.54) is 30.3 Å². The Morgan fingerprint density at radius 1 is 1.05 bits per heavy atom. The molecule has 0 fully saturated rings. The second kappa shape index (κ2) is 6.23. The quantitative estimate of drug-likeness (QED) is 0.796. The summed E-state index contributed by atoms with van der Waals surface area (Å²) in [6, 6.07) is 8.61. The number of benzene rings is 2. The maximum Gasteiger partial charge on any atom is 0.335 e. The van der Waals surface area contributed by atoms with Gasteiger partial charge >= 0.3 is 5.97 Å². The Balaban J connectivity index is 2.43. The number of ether oxygens (including phenoxy) is 1. The molecule has 4 nitrogen and oxygen atoms in total. The summed E-state index contributed by atoms with van der Waals surface area (Å²) in [6.45, 7) is 0. The zero-order valence-electron chi connectivity index (χ0n) is 10.2. The first-order valence-corrected chi connectivity index (χ1v) is 6.65. The van der Waals surface area contributed by atoms with Crippen molar-refractivity contribution in [2.75, 3.05) is 0 Å². The molecule has 0 saturated heterocycles. The first kappa shape index (κ1) is 15.5. The van der Waals surface area contributed by atoms with Crippen LogP contribution in [0.5, 0.6) is 11.5 Å². The molecule has 2 rings (SSSR count). The minimum atomic E-state index is -1.13. The van der Waals surface area contributed by atoms with Crippen LogP contribution in [0, 0.1) is 11.3 Å². The highest BCUT2D eigenvalue weighted by Gasteiger charge is 2.13. The molecule has 0 aliphatic heterocycles. The van der Waals surface area contributed by atoms with E-state index < -0.39 is 5.97 Å². The van der Waals surface area contributed by atoms with Gasteiger partial charge in [0.25, 0.3) is 0 Å². The monoisotopic (exact) mass is 341 g/mol. The molecule has 21 heavy (non-hydrogen) atoms. The zero-order chi connectivity index (χ0) is 15.6. The summed E-state index contributed by atoms with van der Waals surface area (Å²) in [7, 11) is 0. The van der Waals surface area contributed by atoms with Crippen LogP contribution in [0.2, 0.25) is 15.1 Å². The number of hydrogen-bond donors (Lipinski definition) is 1. The predicted octanol–water partition coefficient (Wildman–Crippen LogP) is 5.01. The van der Waals surface area contributed by atoms with Crippen molar-refractivity contribution in [2.24, 2.45) is 0 Å². The topological polar surface area (TPSA) is 70.3 Å². The lowest BCUT2D eigenvalue weighted by atomic mass is 10.1. The second-order valence-electron chi connectivity index (χ2n) is 3.93. The smallest absolute Gasteiger partial charge is 0.335 e. The van der Waals surface area contributed by atoms with E-state index in [4.69, 9.17) is 49.9 Å². The van der Waals surface area contributed by atoms with Gasteiger partial charge in [-0.05, 0) is 24.3 Å². The van der Waals surface area contributed by atoms with Gasteiger partial charge in [0.15, 0.2) is 0 Å². The average molecular weight is 343 g/mol. The molecule has 0 heterocycles. The Hall–Kier alpha value is -1.93. The first-order chi connectivity index (χ1) is 9.92. The molecule has 0 bridgehead atoms. The maximum absolute atomic E-state index is 10.9. The number of carboxylic acid groups (broad SMARTS) is 1. The van der Waals surface area contributed by atoms with Gasteiger partial charge in [0, 0.05) is 6.07 Å². The standard InChI is InChI=1S/C14H6Cl3NO3/c15-9-4-11(17)13(5-10(9)16)21-12-2-1-7(14(19)20)3-8(12)6-18/h1-5H,(H,19,20). The van der Waals surface area contributed by atoms with Crippen molar-refractivity contribution >= 4 is 40.8 Å². The van der Waals surface area contributed by atoms with Crippen LogP contribution < -0.4 is 4.74 Å². The molecular formula is C14H6Cl3NO3. The van der Waals surface area contributed by atoms with E-state index in [9.17, 15) is 4.79 Å². The van der Waals surface area contributed by atoms with Gasteiger partial charge in [-0.15, -0.1) is 0 Å². The van der Waals surface area contributed by atoms with E-state index in [0.717, 1.165) is 0 Å². The van der Waals surface area contributed by atoms with E-state index in [1.807, 2.05) is 6.07 Å². The third-order valence-corrected chi connectivity index (χ3v) is 3.56. The van der Waals surface area contributed by atoms with Crippen molar-refractivity contribution < 1.29 is 14.6 Å². The summed E-state index contributed by atoms with van der Waals surface area (Å²) in [5, 5.41) is 18.7. The number of carbonyl (C=O) groups is 1. The SMILES string of the molecule is N#Cc1cc(C(=O)O)ccc1Oc1cc(Cl)c(Cl)cc1Cl. The molecule has 1 N–H and O–H groups in total. The van der Waals surface area contributed by atoms with Crippen LogP contribution in [0.4, 0.5) is 0 Å². The van der Waals surface area contributed by atoms with Crippen LogP contribution in [0.25, 0.3) is 0 Å². The largest absolute Gasteiger partial charge is 0.478 e. The molecule has 106 valence electrons. The molecular weight excluding hydrogens is 337 g/mol. The molecule has 0 radical (unpaired) electrons. The van der Waals surface area contributed by atoms with Crippen molar-refractivity contribution in [3.8, 4) is 17.6 Å². The van der Waals surface area contributed by atoms with Crippen LogP contribution >= 0.6 is 34.8 Å².